The van der Waals surface area contributed by atoms with Gasteiger partial charge in [-0.25, -0.2) is 9.67 Å². The minimum atomic E-state index is 0.218. The first kappa shape index (κ1) is 18.2. The van der Waals surface area contributed by atoms with Crippen molar-refractivity contribution < 1.29 is 4.74 Å². The maximum Gasteiger partial charge on any atom is 0.230 e. The Morgan fingerprint density at radius 1 is 1.21 bits per heavy atom. The molecule has 0 aromatic carbocycles. The van der Waals surface area contributed by atoms with Crippen molar-refractivity contribution in [1.82, 2.24) is 34.8 Å². The number of rotatable bonds is 6. The van der Waals surface area contributed by atoms with E-state index in [-0.39, 0.29) is 6.10 Å². The average Bonchev–Trinajstić information content (AvgIpc) is 3.28. The van der Waals surface area contributed by atoms with E-state index in [0.717, 1.165) is 42.9 Å². The molecule has 0 saturated carbocycles. The lowest BCUT2D eigenvalue weighted by Gasteiger charge is -2.23. The van der Waals surface area contributed by atoms with Crippen molar-refractivity contribution in [3.8, 4) is 17.0 Å². The van der Waals surface area contributed by atoms with E-state index in [0.29, 0.717) is 17.6 Å². The van der Waals surface area contributed by atoms with E-state index in [9.17, 15) is 0 Å². The van der Waals surface area contributed by atoms with Gasteiger partial charge in [-0.15, -0.1) is 0 Å². The molecule has 3 aromatic heterocycles. The number of ether oxygens (including phenoxy) is 1. The first-order chi connectivity index (χ1) is 13.6. The molecule has 10 nitrogen and oxygen atoms in total. The second-order valence-corrected chi connectivity index (χ2v) is 6.79. The standard InChI is InChI=1S/C18H25N9O/c1-19-17-14(12-9-22-26(2)11-12)10-21-18(24-17)23-15-8-16(27(3)25-15)28-13-4-6-20-7-5-13/h8-11,13,20H,4-7H2,1-3H3,(H2,19,21,23,24,25). The molecule has 0 spiro atoms. The molecule has 1 aliphatic heterocycles. The van der Waals surface area contributed by atoms with E-state index in [2.05, 4.69) is 36.1 Å². The van der Waals surface area contributed by atoms with Crippen molar-refractivity contribution in [2.24, 2.45) is 14.1 Å². The van der Waals surface area contributed by atoms with Gasteiger partial charge in [-0.2, -0.15) is 15.2 Å². The molecule has 3 aromatic rings. The lowest BCUT2D eigenvalue weighted by atomic mass is 10.1. The summed E-state index contributed by atoms with van der Waals surface area (Å²) < 4.78 is 9.56. The fourth-order valence-electron chi connectivity index (χ4n) is 3.22. The van der Waals surface area contributed by atoms with E-state index in [1.165, 1.54) is 0 Å². The lowest BCUT2D eigenvalue weighted by molar-refractivity contribution is 0.149. The number of anilines is 3. The van der Waals surface area contributed by atoms with Gasteiger partial charge in [0.2, 0.25) is 11.8 Å². The van der Waals surface area contributed by atoms with Crippen LogP contribution >= 0.6 is 0 Å². The van der Waals surface area contributed by atoms with Crippen LogP contribution in [0.4, 0.5) is 17.6 Å². The van der Waals surface area contributed by atoms with Gasteiger partial charge in [-0.05, 0) is 25.9 Å². The molecule has 0 aliphatic carbocycles. The highest BCUT2D eigenvalue weighted by molar-refractivity contribution is 5.74. The van der Waals surface area contributed by atoms with Crippen LogP contribution in [0.1, 0.15) is 12.8 Å². The zero-order chi connectivity index (χ0) is 19.5. The quantitative estimate of drug-likeness (QED) is 0.588. The van der Waals surface area contributed by atoms with Gasteiger partial charge in [-0.3, -0.25) is 4.68 Å². The highest BCUT2D eigenvalue weighted by atomic mass is 16.5. The van der Waals surface area contributed by atoms with Gasteiger partial charge in [0.05, 0.1) is 6.20 Å². The van der Waals surface area contributed by atoms with E-state index in [1.54, 1.807) is 21.8 Å². The molecule has 0 radical (unpaired) electrons. The number of aromatic nitrogens is 6. The molecule has 1 saturated heterocycles. The van der Waals surface area contributed by atoms with Crippen LogP contribution in [0.5, 0.6) is 5.88 Å². The molecule has 1 aliphatic rings. The van der Waals surface area contributed by atoms with Crippen LogP contribution in [0.15, 0.2) is 24.7 Å². The Labute approximate surface area is 163 Å². The van der Waals surface area contributed by atoms with Crippen molar-refractivity contribution in [2.75, 3.05) is 30.8 Å². The van der Waals surface area contributed by atoms with Crippen LogP contribution < -0.4 is 20.7 Å². The van der Waals surface area contributed by atoms with Gasteiger partial charge >= 0.3 is 0 Å². The molecular formula is C18H25N9O. The number of hydrogen-bond acceptors (Lipinski definition) is 8. The third-order valence-electron chi connectivity index (χ3n) is 4.69. The molecule has 3 N–H and O–H groups in total. The van der Waals surface area contributed by atoms with Gasteiger partial charge in [0.25, 0.3) is 0 Å². The van der Waals surface area contributed by atoms with Crippen LogP contribution in [0.2, 0.25) is 0 Å². The predicted octanol–water partition coefficient (Wildman–Crippen LogP) is 1.53. The van der Waals surface area contributed by atoms with E-state index in [1.807, 2.05) is 33.4 Å². The molecule has 0 atom stereocenters. The Morgan fingerprint density at radius 3 is 2.75 bits per heavy atom. The molecule has 4 heterocycles. The highest BCUT2D eigenvalue weighted by Gasteiger charge is 2.17. The Morgan fingerprint density at radius 2 is 2.04 bits per heavy atom. The number of piperidine rings is 1. The maximum absolute atomic E-state index is 6.09. The SMILES string of the molecule is CNc1nc(Nc2cc(OC3CCNCC3)n(C)n2)ncc1-c1cnn(C)c1. The van der Waals surface area contributed by atoms with Crippen molar-refractivity contribution in [2.45, 2.75) is 18.9 Å². The minimum Gasteiger partial charge on any atom is -0.474 e. The summed E-state index contributed by atoms with van der Waals surface area (Å²) in [6.07, 6.45) is 7.70. The second-order valence-electron chi connectivity index (χ2n) is 6.79. The number of hydrogen-bond donors (Lipinski definition) is 3. The Kier molecular flexibility index (Phi) is 5.11. The lowest BCUT2D eigenvalue weighted by Crippen LogP contribution is -2.34. The summed E-state index contributed by atoms with van der Waals surface area (Å²) in [7, 11) is 5.58. The van der Waals surface area contributed by atoms with Gasteiger partial charge in [-0.1, -0.05) is 0 Å². The van der Waals surface area contributed by atoms with Crippen molar-refractivity contribution >= 4 is 17.6 Å². The van der Waals surface area contributed by atoms with Crippen LogP contribution in [-0.4, -0.2) is 55.8 Å². The summed E-state index contributed by atoms with van der Waals surface area (Å²) in [6, 6.07) is 1.87. The summed E-state index contributed by atoms with van der Waals surface area (Å²) in [5.74, 6) is 2.55. The van der Waals surface area contributed by atoms with E-state index < -0.39 is 0 Å². The number of nitrogens with zero attached hydrogens (tertiary/aromatic N) is 6. The highest BCUT2D eigenvalue weighted by Crippen LogP contribution is 2.27. The zero-order valence-electron chi connectivity index (χ0n) is 16.3. The molecular weight excluding hydrogens is 358 g/mol. The predicted molar refractivity (Wildman–Crippen MR) is 107 cm³/mol. The first-order valence-corrected chi connectivity index (χ1v) is 9.34. The van der Waals surface area contributed by atoms with Gasteiger partial charge in [0, 0.05) is 50.7 Å². The zero-order valence-corrected chi connectivity index (χ0v) is 16.3. The average molecular weight is 383 g/mol. The molecule has 0 amide bonds. The maximum atomic E-state index is 6.09. The van der Waals surface area contributed by atoms with Crippen molar-refractivity contribution in [1.29, 1.82) is 0 Å². The van der Waals surface area contributed by atoms with Gasteiger partial charge in [0.15, 0.2) is 5.82 Å². The van der Waals surface area contributed by atoms with Crippen LogP contribution in [0.25, 0.3) is 11.1 Å². The topological polar surface area (TPSA) is 107 Å². The Bertz CT molecular complexity index is 942. The van der Waals surface area contributed by atoms with Gasteiger partial charge in [0.1, 0.15) is 11.9 Å². The third-order valence-corrected chi connectivity index (χ3v) is 4.69. The smallest absolute Gasteiger partial charge is 0.230 e. The Hall–Kier alpha value is -3.14. The number of nitrogens with one attached hydrogen (secondary N) is 3. The molecule has 10 heteroatoms. The fourth-order valence-corrected chi connectivity index (χ4v) is 3.22. The monoisotopic (exact) mass is 383 g/mol. The molecule has 1 fully saturated rings. The summed E-state index contributed by atoms with van der Waals surface area (Å²) in [5, 5.41) is 18.3. The van der Waals surface area contributed by atoms with Crippen LogP contribution in [0.3, 0.4) is 0 Å². The Balaban J connectivity index is 1.50. The minimum absolute atomic E-state index is 0.218. The molecule has 0 unspecified atom stereocenters. The van der Waals surface area contributed by atoms with Crippen molar-refractivity contribution in [3.05, 3.63) is 24.7 Å². The molecule has 148 valence electrons. The fraction of sp³-hybridized carbons (Fsp3) is 0.444. The van der Waals surface area contributed by atoms with Gasteiger partial charge < -0.3 is 20.7 Å². The molecule has 0 bridgehead atoms. The third kappa shape index (κ3) is 3.91. The molecule has 4 rings (SSSR count). The summed E-state index contributed by atoms with van der Waals surface area (Å²) in [6.45, 7) is 1.97. The summed E-state index contributed by atoms with van der Waals surface area (Å²) >= 11 is 0. The van der Waals surface area contributed by atoms with Crippen LogP contribution in [0, 0.1) is 0 Å². The summed E-state index contributed by atoms with van der Waals surface area (Å²) in [4.78, 5) is 8.98. The van der Waals surface area contributed by atoms with E-state index in [4.69, 9.17) is 4.74 Å². The van der Waals surface area contributed by atoms with Crippen molar-refractivity contribution in [3.63, 3.8) is 0 Å². The van der Waals surface area contributed by atoms with Crippen LogP contribution in [-0.2, 0) is 14.1 Å². The summed E-state index contributed by atoms with van der Waals surface area (Å²) in [5.41, 5.74) is 1.84. The number of aryl methyl sites for hydroxylation is 2. The normalized spacial score (nSPS) is 14.8. The van der Waals surface area contributed by atoms with E-state index >= 15 is 0 Å². The molecule has 28 heavy (non-hydrogen) atoms. The largest absolute Gasteiger partial charge is 0.474 e. The second kappa shape index (κ2) is 7.85. The first-order valence-electron chi connectivity index (χ1n) is 9.34.